The molecule has 6 nitrogen and oxygen atoms in total. The van der Waals surface area contributed by atoms with Crippen LogP contribution in [0.25, 0.3) is 11.1 Å². The van der Waals surface area contributed by atoms with Crippen LogP contribution in [0.3, 0.4) is 0 Å². The van der Waals surface area contributed by atoms with Crippen molar-refractivity contribution in [3.63, 3.8) is 0 Å². The second-order valence-corrected chi connectivity index (χ2v) is 13.7. The van der Waals surface area contributed by atoms with Gasteiger partial charge in [0.25, 0.3) is 0 Å². The third-order valence-corrected chi connectivity index (χ3v) is 6.04. The summed E-state index contributed by atoms with van der Waals surface area (Å²) in [5.74, 6) is -1.13. The molecule has 0 aliphatic rings. The Balaban J connectivity index is 1.65. The van der Waals surface area contributed by atoms with E-state index in [-0.39, 0.29) is 17.8 Å². The summed E-state index contributed by atoms with van der Waals surface area (Å²) in [6, 6.07) is 7.80. The first-order valence-electron chi connectivity index (χ1n) is 9.07. The summed E-state index contributed by atoms with van der Waals surface area (Å²) >= 11 is 5.69. The SMILES string of the molecule is C[Si](C)(C)CCOCn1ncc(-c2ccc(Nc3nc(Cl)ncc3F)cc2)c1F. The molecule has 0 aliphatic carbocycles. The highest BCUT2D eigenvalue weighted by molar-refractivity contribution is 6.76. The summed E-state index contributed by atoms with van der Waals surface area (Å²) in [7, 11) is -1.19. The zero-order chi connectivity index (χ0) is 21.0. The lowest BCUT2D eigenvalue weighted by atomic mass is 10.1. The molecule has 0 amide bonds. The van der Waals surface area contributed by atoms with E-state index in [0.717, 1.165) is 12.2 Å². The molecule has 0 aliphatic heterocycles. The topological polar surface area (TPSA) is 64.9 Å². The summed E-state index contributed by atoms with van der Waals surface area (Å²) in [5, 5.41) is 6.82. The van der Waals surface area contributed by atoms with Crippen LogP contribution in [0, 0.1) is 11.8 Å². The van der Waals surface area contributed by atoms with Gasteiger partial charge in [-0.3, -0.25) is 0 Å². The molecule has 0 unspecified atom stereocenters. The van der Waals surface area contributed by atoms with Crippen molar-refractivity contribution >= 4 is 31.2 Å². The zero-order valence-corrected chi connectivity index (χ0v) is 18.2. The summed E-state index contributed by atoms with van der Waals surface area (Å²) in [5.41, 5.74) is 1.58. The molecule has 10 heteroatoms. The van der Waals surface area contributed by atoms with E-state index in [0.29, 0.717) is 23.4 Å². The summed E-state index contributed by atoms with van der Waals surface area (Å²) in [6.45, 7) is 7.44. The predicted molar refractivity (Wildman–Crippen MR) is 112 cm³/mol. The molecule has 0 saturated heterocycles. The Labute approximate surface area is 173 Å². The van der Waals surface area contributed by atoms with Crippen LogP contribution in [0.5, 0.6) is 0 Å². The number of hydrogen-bond acceptors (Lipinski definition) is 5. The summed E-state index contributed by atoms with van der Waals surface area (Å²) in [4.78, 5) is 7.37. The Morgan fingerprint density at radius 2 is 1.86 bits per heavy atom. The maximum absolute atomic E-state index is 14.7. The first kappa shape index (κ1) is 21.3. The van der Waals surface area contributed by atoms with Gasteiger partial charge < -0.3 is 10.1 Å². The minimum Gasteiger partial charge on any atom is -0.359 e. The molecule has 3 rings (SSSR count). The average molecular weight is 438 g/mol. The quantitative estimate of drug-likeness (QED) is 0.293. The number of ether oxygens (including phenoxy) is 1. The third kappa shape index (κ3) is 5.81. The zero-order valence-electron chi connectivity index (χ0n) is 16.4. The van der Waals surface area contributed by atoms with Gasteiger partial charge in [0, 0.05) is 20.4 Å². The maximum Gasteiger partial charge on any atom is 0.224 e. The fourth-order valence-electron chi connectivity index (χ4n) is 2.49. The number of nitrogens with zero attached hydrogens (tertiary/aromatic N) is 4. The normalized spacial score (nSPS) is 11.7. The Morgan fingerprint density at radius 1 is 1.14 bits per heavy atom. The van der Waals surface area contributed by atoms with Gasteiger partial charge in [-0.15, -0.1) is 0 Å². The van der Waals surface area contributed by atoms with Crippen molar-refractivity contribution in [1.29, 1.82) is 0 Å². The number of benzene rings is 1. The van der Waals surface area contributed by atoms with Crippen LogP contribution in [0.4, 0.5) is 20.3 Å². The monoisotopic (exact) mass is 437 g/mol. The largest absolute Gasteiger partial charge is 0.359 e. The molecule has 0 bridgehead atoms. The Morgan fingerprint density at radius 3 is 2.55 bits per heavy atom. The maximum atomic E-state index is 14.7. The van der Waals surface area contributed by atoms with Gasteiger partial charge in [-0.2, -0.15) is 14.5 Å². The van der Waals surface area contributed by atoms with Crippen molar-refractivity contribution in [3.05, 3.63) is 53.7 Å². The standard InChI is InChI=1S/C19H22ClF2N5OSi/c1-29(2,3)9-8-28-12-27-17(22)15(10-24-27)13-4-6-14(7-5-13)25-18-16(21)11-23-19(20)26-18/h4-7,10-11H,8-9,12H2,1-3H3,(H,23,25,26). The molecule has 3 aromatic rings. The third-order valence-electron chi connectivity index (χ3n) is 4.16. The Hall–Kier alpha value is -2.36. The van der Waals surface area contributed by atoms with Crippen LogP contribution in [-0.4, -0.2) is 34.4 Å². The van der Waals surface area contributed by atoms with Crippen LogP contribution in [-0.2, 0) is 11.5 Å². The fraction of sp³-hybridized carbons (Fsp3) is 0.316. The molecule has 0 atom stereocenters. The van der Waals surface area contributed by atoms with Crippen molar-refractivity contribution in [2.45, 2.75) is 32.4 Å². The van der Waals surface area contributed by atoms with Gasteiger partial charge in [0.1, 0.15) is 6.73 Å². The molecule has 1 aromatic carbocycles. The molecule has 29 heavy (non-hydrogen) atoms. The van der Waals surface area contributed by atoms with E-state index in [9.17, 15) is 8.78 Å². The smallest absolute Gasteiger partial charge is 0.224 e. The van der Waals surface area contributed by atoms with Crippen molar-refractivity contribution < 1.29 is 13.5 Å². The molecule has 154 valence electrons. The highest BCUT2D eigenvalue weighted by Gasteiger charge is 2.15. The highest BCUT2D eigenvalue weighted by Crippen LogP contribution is 2.26. The minimum absolute atomic E-state index is 0.0350. The van der Waals surface area contributed by atoms with E-state index in [1.807, 2.05) is 0 Å². The van der Waals surface area contributed by atoms with Gasteiger partial charge in [0.15, 0.2) is 11.6 Å². The lowest BCUT2D eigenvalue weighted by Crippen LogP contribution is -2.22. The second kappa shape index (κ2) is 8.98. The van der Waals surface area contributed by atoms with E-state index in [2.05, 4.69) is 40.0 Å². The van der Waals surface area contributed by atoms with E-state index < -0.39 is 19.8 Å². The second-order valence-electron chi connectivity index (χ2n) is 7.73. The van der Waals surface area contributed by atoms with Gasteiger partial charge in [-0.25, -0.2) is 14.1 Å². The van der Waals surface area contributed by atoms with Gasteiger partial charge in [-0.1, -0.05) is 31.8 Å². The van der Waals surface area contributed by atoms with Crippen molar-refractivity contribution in [1.82, 2.24) is 19.7 Å². The number of anilines is 2. The van der Waals surface area contributed by atoms with Gasteiger partial charge >= 0.3 is 0 Å². The molecule has 0 fully saturated rings. The van der Waals surface area contributed by atoms with E-state index in [1.54, 1.807) is 24.3 Å². The molecule has 0 radical (unpaired) electrons. The van der Waals surface area contributed by atoms with Crippen LogP contribution in [0.1, 0.15) is 0 Å². The van der Waals surface area contributed by atoms with Crippen LogP contribution >= 0.6 is 11.6 Å². The summed E-state index contributed by atoms with van der Waals surface area (Å²) < 4.78 is 35.1. The molecular formula is C19H22ClF2N5OSi. The van der Waals surface area contributed by atoms with E-state index in [4.69, 9.17) is 16.3 Å². The number of halogens is 3. The fourth-order valence-corrected chi connectivity index (χ4v) is 3.38. The lowest BCUT2D eigenvalue weighted by Gasteiger charge is -2.15. The van der Waals surface area contributed by atoms with E-state index >= 15 is 0 Å². The van der Waals surface area contributed by atoms with Crippen molar-refractivity contribution in [2.24, 2.45) is 0 Å². The van der Waals surface area contributed by atoms with E-state index in [1.165, 1.54) is 10.9 Å². The Bertz CT molecular complexity index is 976. The van der Waals surface area contributed by atoms with Gasteiger partial charge in [0.05, 0.1) is 18.0 Å². The lowest BCUT2D eigenvalue weighted by molar-refractivity contribution is 0.0700. The van der Waals surface area contributed by atoms with Crippen LogP contribution in [0.2, 0.25) is 31.0 Å². The first-order valence-corrected chi connectivity index (χ1v) is 13.2. The highest BCUT2D eigenvalue weighted by atomic mass is 35.5. The molecular weight excluding hydrogens is 416 g/mol. The first-order chi connectivity index (χ1) is 13.7. The molecule has 0 saturated carbocycles. The number of nitrogens with one attached hydrogen (secondary N) is 1. The predicted octanol–water partition coefficient (Wildman–Crippen LogP) is 5.33. The van der Waals surface area contributed by atoms with Crippen LogP contribution in [0.15, 0.2) is 36.7 Å². The molecule has 2 aromatic heterocycles. The molecule has 2 heterocycles. The average Bonchev–Trinajstić information content (AvgIpc) is 3.02. The Kier molecular flexibility index (Phi) is 6.61. The minimum atomic E-state index is -1.19. The van der Waals surface area contributed by atoms with Gasteiger partial charge in [0.2, 0.25) is 11.2 Å². The van der Waals surface area contributed by atoms with Crippen molar-refractivity contribution in [2.75, 3.05) is 11.9 Å². The number of aromatic nitrogens is 4. The summed E-state index contributed by atoms with van der Waals surface area (Å²) in [6.07, 6.45) is 2.45. The molecule has 0 spiro atoms. The number of rotatable bonds is 8. The van der Waals surface area contributed by atoms with Crippen LogP contribution < -0.4 is 5.32 Å². The number of hydrogen-bond donors (Lipinski definition) is 1. The van der Waals surface area contributed by atoms with Gasteiger partial charge in [-0.05, 0) is 35.3 Å². The molecule has 1 N–H and O–H groups in total. The van der Waals surface area contributed by atoms with Crippen molar-refractivity contribution in [3.8, 4) is 11.1 Å².